The molecule has 1 aliphatic rings. The highest BCUT2D eigenvalue weighted by atomic mass is 16.4. The van der Waals surface area contributed by atoms with Crippen LogP contribution in [0.25, 0.3) is 0 Å². The van der Waals surface area contributed by atoms with Gasteiger partial charge in [0.15, 0.2) is 0 Å². The van der Waals surface area contributed by atoms with Gasteiger partial charge in [0, 0.05) is 6.04 Å². The summed E-state index contributed by atoms with van der Waals surface area (Å²) in [6.07, 6.45) is 9.30. The quantitative estimate of drug-likeness (QED) is 0.776. The van der Waals surface area contributed by atoms with Crippen LogP contribution < -0.4 is 5.32 Å². The van der Waals surface area contributed by atoms with Gasteiger partial charge in [0.25, 0.3) is 0 Å². The van der Waals surface area contributed by atoms with Crippen molar-refractivity contribution in [2.24, 2.45) is 0 Å². The molecule has 1 rings (SSSR count). The van der Waals surface area contributed by atoms with Gasteiger partial charge in [-0.2, -0.15) is 0 Å². The molecule has 2 N–H and O–H groups in total. The largest absolute Gasteiger partial charge is 0.480 e. The average Bonchev–Trinajstić information content (AvgIpc) is 2.21. The first kappa shape index (κ1) is 13.5. The standard InChI is InChI=1S/C13H25NO2/c1-3-13(2,12(15)16)14-11-9-7-5-4-6-8-10-11/h11,14H,3-10H2,1-2H3,(H,15,16). The van der Waals surface area contributed by atoms with Crippen LogP contribution in [0.2, 0.25) is 0 Å². The minimum atomic E-state index is -0.746. The van der Waals surface area contributed by atoms with Gasteiger partial charge in [-0.1, -0.05) is 39.0 Å². The number of nitrogens with one attached hydrogen (secondary N) is 1. The second kappa shape index (κ2) is 6.24. The van der Waals surface area contributed by atoms with Gasteiger partial charge in [0.2, 0.25) is 0 Å². The van der Waals surface area contributed by atoms with E-state index in [0.29, 0.717) is 12.5 Å². The second-order valence-corrected chi connectivity index (χ2v) is 5.18. The third-order valence-corrected chi connectivity index (χ3v) is 3.81. The zero-order chi connectivity index (χ0) is 12.0. The number of hydrogen-bond acceptors (Lipinski definition) is 2. The minimum absolute atomic E-state index is 0.390. The van der Waals surface area contributed by atoms with Crippen molar-refractivity contribution < 1.29 is 9.90 Å². The van der Waals surface area contributed by atoms with E-state index < -0.39 is 11.5 Å². The van der Waals surface area contributed by atoms with Crippen LogP contribution in [0.15, 0.2) is 0 Å². The van der Waals surface area contributed by atoms with E-state index in [0.717, 1.165) is 12.8 Å². The van der Waals surface area contributed by atoms with E-state index in [-0.39, 0.29) is 0 Å². The van der Waals surface area contributed by atoms with Gasteiger partial charge in [-0.15, -0.1) is 0 Å². The predicted octanol–water partition coefficient (Wildman–Crippen LogP) is 2.94. The first-order valence-electron chi connectivity index (χ1n) is 6.59. The lowest BCUT2D eigenvalue weighted by Crippen LogP contribution is -2.53. The molecule has 0 aromatic rings. The number of hydrogen-bond donors (Lipinski definition) is 2. The first-order valence-corrected chi connectivity index (χ1v) is 6.59. The van der Waals surface area contributed by atoms with Crippen LogP contribution in [0, 0.1) is 0 Å². The summed E-state index contributed by atoms with van der Waals surface area (Å²) in [4.78, 5) is 11.2. The molecule has 0 aromatic heterocycles. The lowest BCUT2D eigenvalue weighted by molar-refractivity contribution is -0.144. The van der Waals surface area contributed by atoms with E-state index in [2.05, 4.69) is 5.32 Å². The lowest BCUT2D eigenvalue weighted by atomic mass is 9.92. The molecular formula is C13H25NO2. The normalized spacial score (nSPS) is 23.1. The number of carboxylic acids is 1. The van der Waals surface area contributed by atoms with E-state index in [1.54, 1.807) is 6.92 Å². The zero-order valence-electron chi connectivity index (χ0n) is 10.6. The van der Waals surface area contributed by atoms with Crippen molar-refractivity contribution in [1.29, 1.82) is 0 Å². The Labute approximate surface area is 98.6 Å². The molecule has 0 aliphatic heterocycles. The molecule has 94 valence electrons. The number of carbonyl (C=O) groups is 1. The summed E-state index contributed by atoms with van der Waals surface area (Å²) in [5, 5.41) is 12.6. The molecule has 1 saturated carbocycles. The third kappa shape index (κ3) is 3.78. The molecule has 1 fully saturated rings. The molecule has 0 saturated heterocycles. The monoisotopic (exact) mass is 227 g/mol. The highest BCUT2D eigenvalue weighted by Crippen LogP contribution is 2.20. The van der Waals surface area contributed by atoms with Crippen LogP contribution in [0.3, 0.4) is 0 Å². The summed E-state index contributed by atoms with van der Waals surface area (Å²) in [6, 6.07) is 0.390. The van der Waals surface area contributed by atoms with Crippen molar-refractivity contribution >= 4 is 5.97 Å². The average molecular weight is 227 g/mol. The summed E-state index contributed by atoms with van der Waals surface area (Å²) in [7, 11) is 0. The van der Waals surface area contributed by atoms with Gasteiger partial charge < -0.3 is 5.11 Å². The molecule has 1 aliphatic carbocycles. The maximum Gasteiger partial charge on any atom is 0.323 e. The lowest BCUT2D eigenvalue weighted by Gasteiger charge is -2.31. The predicted molar refractivity (Wildman–Crippen MR) is 65.6 cm³/mol. The fourth-order valence-electron chi connectivity index (χ4n) is 2.37. The second-order valence-electron chi connectivity index (χ2n) is 5.18. The van der Waals surface area contributed by atoms with Gasteiger partial charge in [0.05, 0.1) is 0 Å². The van der Waals surface area contributed by atoms with Crippen molar-refractivity contribution in [1.82, 2.24) is 5.32 Å². The molecule has 0 aromatic carbocycles. The van der Waals surface area contributed by atoms with Gasteiger partial charge >= 0.3 is 5.97 Å². The number of aliphatic carboxylic acids is 1. The van der Waals surface area contributed by atoms with E-state index >= 15 is 0 Å². The summed E-state index contributed by atoms with van der Waals surface area (Å²) < 4.78 is 0. The Morgan fingerprint density at radius 1 is 1.25 bits per heavy atom. The topological polar surface area (TPSA) is 49.3 Å². The van der Waals surface area contributed by atoms with E-state index in [1.165, 1.54) is 32.1 Å². The molecule has 16 heavy (non-hydrogen) atoms. The van der Waals surface area contributed by atoms with Crippen molar-refractivity contribution in [3.8, 4) is 0 Å². The summed E-state index contributed by atoms with van der Waals surface area (Å²) in [5.41, 5.74) is -0.746. The molecule has 0 spiro atoms. The summed E-state index contributed by atoms with van der Waals surface area (Å²) >= 11 is 0. The molecule has 3 heteroatoms. The highest BCUT2D eigenvalue weighted by Gasteiger charge is 2.32. The molecule has 1 atom stereocenters. The zero-order valence-corrected chi connectivity index (χ0v) is 10.6. The molecule has 0 amide bonds. The number of carboxylic acid groups (broad SMARTS) is 1. The maximum atomic E-state index is 11.2. The summed E-state index contributed by atoms with van der Waals surface area (Å²) in [6.45, 7) is 3.73. The highest BCUT2D eigenvalue weighted by molar-refractivity contribution is 5.78. The van der Waals surface area contributed by atoms with Crippen LogP contribution in [-0.4, -0.2) is 22.7 Å². The molecule has 0 heterocycles. The Morgan fingerprint density at radius 3 is 2.19 bits per heavy atom. The Balaban J connectivity index is 2.51. The fraction of sp³-hybridized carbons (Fsp3) is 0.923. The van der Waals surface area contributed by atoms with Gasteiger partial charge in [0.1, 0.15) is 5.54 Å². The SMILES string of the molecule is CCC(C)(NC1CCCCCCC1)C(=O)O. The molecule has 3 nitrogen and oxygen atoms in total. The van der Waals surface area contributed by atoms with Crippen LogP contribution in [0.4, 0.5) is 0 Å². The van der Waals surface area contributed by atoms with Crippen molar-refractivity contribution in [3.63, 3.8) is 0 Å². The molecule has 0 radical (unpaired) electrons. The molecular weight excluding hydrogens is 202 g/mol. The number of rotatable bonds is 4. The third-order valence-electron chi connectivity index (χ3n) is 3.81. The van der Waals surface area contributed by atoms with Crippen molar-refractivity contribution in [2.75, 3.05) is 0 Å². The molecule has 1 unspecified atom stereocenters. The van der Waals surface area contributed by atoms with Gasteiger partial charge in [-0.25, -0.2) is 0 Å². The Hall–Kier alpha value is -0.570. The van der Waals surface area contributed by atoms with Crippen molar-refractivity contribution in [3.05, 3.63) is 0 Å². The van der Waals surface area contributed by atoms with Crippen molar-refractivity contribution in [2.45, 2.75) is 76.8 Å². The Kier molecular flexibility index (Phi) is 5.26. The fourth-order valence-corrected chi connectivity index (χ4v) is 2.37. The van der Waals surface area contributed by atoms with Crippen LogP contribution >= 0.6 is 0 Å². The van der Waals surface area contributed by atoms with Crippen LogP contribution in [0.1, 0.15) is 65.2 Å². The van der Waals surface area contributed by atoms with E-state index in [1.807, 2.05) is 6.92 Å². The summed E-state index contributed by atoms with van der Waals surface area (Å²) in [5.74, 6) is -0.725. The first-order chi connectivity index (χ1) is 7.58. The smallest absolute Gasteiger partial charge is 0.323 e. The van der Waals surface area contributed by atoms with Gasteiger partial charge in [-0.3, -0.25) is 10.1 Å². The Bertz CT molecular complexity index is 222. The van der Waals surface area contributed by atoms with Gasteiger partial charge in [-0.05, 0) is 26.2 Å². The minimum Gasteiger partial charge on any atom is -0.480 e. The Morgan fingerprint density at radius 2 is 1.75 bits per heavy atom. The van der Waals surface area contributed by atoms with E-state index in [9.17, 15) is 9.90 Å². The van der Waals surface area contributed by atoms with E-state index in [4.69, 9.17) is 0 Å². The van der Waals surface area contributed by atoms with Crippen LogP contribution in [0.5, 0.6) is 0 Å². The maximum absolute atomic E-state index is 11.2. The molecule has 0 bridgehead atoms. The van der Waals surface area contributed by atoms with Crippen LogP contribution in [-0.2, 0) is 4.79 Å².